The van der Waals surface area contributed by atoms with E-state index in [0.29, 0.717) is 6.42 Å². The Morgan fingerprint density at radius 3 is 2.77 bits per heavy atom. The van der Waals surface area contributed by atoms with Crippen LogP contribution in [-0.2, 0) is 11.2 Å². The van der Waals surface area contributed by atoms with Gasteiger partial charge in [0, 0.05) is 6.42 Å². The lowest BCUT2D eigenvalue weighted by atomic mass is 10.0. The number of carbonyl (C=O) groups excluding carboxylic acids is 1. The standard InChI is InChI=1S/C21H24N2O2S/c1-15-13-18(25-2)12-11-16(15)9-6-10-20(24)23-21-22-19(14-26-21)17-7-4-3-5-8-17/h3-5,7-8,11-14,21-22H,6,9-10H2,1-2H3,(H,23,24)/t21-/m1/s1. The maximum absolute atomic E-state index is 12.2. The van der Waals surface area contributed by atoms with Crippen molar-refractivity contribution < 1.29 is 9.53 Å². The average molecular weight is 369 g/mol. The van der Waals surface area contributed by atoms with Gasteiger partial charge in [-0.3, -0.25) is 4.79 Å². The Labute approximate surface area is 159 Å². The minimum absolute atomic E-state index is 0.0730. The Hall–Kier alpha value is -2.40. The molecule has 5 heteroatoms. The van der Waals surface area contributed by atoms with Crippen molar-refractivity contribution in [1.82, 2.24) is 10.6 Å². The number of methoxy groups -OCH3 is 1. The summed E-state index contributed by atoms with van der Waals surface area (Å²) in [4.78, 5) is 12.2. The first-order chi connectivity index (χ1) is 12.7. The molecule has 0 spiro atoms. The highest BCUT2D eigenvalue weighted by Gasteiger charge is 2.19. The molecular formula is C21H24N2O2S. The molecule has 1 atom stereocenters. The molecule has 0 saturated carbocycles. The number of ether oxygens (including phenoxy) is 1. The van der Waals surface area contributed by atoms with Crippen molar-refractivity contribution in [2.45, 2.75) is 31.7 Å². The van der Waals surface area contributed by atoms with Gasteiger partial charge in [0.2, 0.25) is 5.91 Å². The van der Waals surface area contributed by atoms with Crippen molar-refractivity contribution in [2.75, 3.05) is 7.11 Å². The predicted molar refractivity (Wildman–Crippen MR) is 108 cm³/mol. The van der Waals surface area contributed by atoms with Crippen molar-refractivity contribution in [3.63, 3.8) is 0 Å². The Balaban J connectivity index is 1.41. The number of rotatable bonds is 7. The van der Waals surface area contributed by atoms with Crippen molar-refractivity contribution in [2.24, 2.45) is 0 Å². The van der Waals surface area contributed by atoms with Crippen LogP contribution in [0.4, 0.5) is 0 Å². The van der Waals surface area contributed by atoms with E-state index in [1.165, 1.54) is 11.1 Å². The maximum Gasteiger partial charge on any atom is 0.222 e. The fraction of sp³-hybridized carbons (Fsp3) is 0.286. The average Bonchev–Trinajstić information content (AvgIpc) is 3.12. The van der Waals surface area contributed by atoms with E-state index >= 15 is 0 Å². The molecule has 136 valence electrons. The summed E-state index contributed by atoms with van der Waals surface area (Å²) in [7, 11) is 1.67. The fourth-order valence-electron chi connectivity index (χ4n) is 2.92. The summed E-state index contributed by atoms with van der Waals surface area (Å²) in [6.07, 6.45) is 2.24. The van der Waals surface area contributed by atoms with E-state index in [0.717, 1.165) is 29.9 Å². The molecule has 2 aromatic rings. The molecule has 2 N–H and O–H groups in total. The predicted octanol–water partition coefficient (Wildman–Crippen LogP) is 4.06. The molecule has 0 aromatic heterocycles. The molecule has 0 aliphatic carbocycles. The topological polar surface area (TPSA) is 50.4 Å². The highest BCUT2D eigenvalue weighted by Crippen LogP contribution is 2.26. The zero-order valence-corrected chi connectivity index (χ0v) is 15.9. The van der Waals surface area contributed by atoms with Gasteiger partial charge in [0.25, 0.3) is 0 Å². The zero-order valence-electron chi connectivity index (χ0n) is 15.1. The lowest BCUT2D eigenvalue weighted by Gasteiger charge is -2.15. The molecule has 4 nitrogen and oxygen atoms in total. The minimum Gasteiger partial charge on any atom is -0.497 e. The number of amides is 1. The summed E-state index contributed by atoms with van der Waals surface area (Å²) >= 11 is 1.59. The van der Waals surface area contributed by atoms with E-state index in [1.54, 1.807) is 18.9 Å². The minimum atomic E-state index is -0.0968. The molecular weight excluding hydrogens is 344 g/mol. The first kappa shape index (κ1) is 18.4. The van der Waals surface area contributed by atoms with Crippen molar-refractivity contribution in [3.05, 3.63) is 70.6 Å². The van der Waals surface area contributed by atoms with Crippen LogP contribution in [0.1, 0.15) is 29.5 Å². The van der Waals surface area contributed by atoms with Gasteiger partial charge in [0.05, 0.1) is 12.8 Å². The van der Waals surface area contributed by atoms with Gasteiger partial charge in [-0.05, 0) is 54.0 Å². The summed E-state index contributed by atoms with van der Waals surface area (Å²) in [6, 6.07) is 16.2. The van der Waals surface area contributed by atoms with E-state index in [-0.39, 0.29) is 11.4 Å². The molecule has 0 bridgehead atoms. The third-order valence-corrected chi connectivity index (χ3v) is 5.26. The lowest BCUT2D eigenvalue weighted by Crippen LogP contribution is -2.39. The van der Waals surface area contributed by atoms with Gasteiger partial charge in [-0.1, -0.05) is 48.2 Å². The van der Waals surface area contributed by atoms with Gasteiger partial charge in [-0.15, -0.1) is 0 Å². The first-order valence-electron chi connectivity index (χ1n) is 8.76. The summed E-state index contributed by atoms with van der Waals surface area (Å²) in [5, 5.41) is 8.44. The van der Waals surface area contributed by atoms with Gasteiger partial charge < -0.3 is 15.4 Å². The normalized spacial score (nSPS) is 15.9. The third-order valence-electron chi connectivity index (χ3n) is 4.39. The second-order valence-corrected chi connectivity index (χ2v) is 7.25. The lowest BCUT2D eigenvalue weighted by molar-refractivity contribution is -0.121. The van der Waals surface area contributed by atoms with Crippen LogP contribution in [0.25, 0.3) is 5.70 Å². The number of aryl methyl sites for hydroxylation is 2. The van der Waals surface area contributed by atoms with Crippen molar-refractivity contribution in [1.29, 1.82) is 0 Å². The molecule has 0 unspecified atom stereocenters. The highest BCUT2D eigenvalue weighted by molar-refractivity contribution is 8.03. The van der Waals surface area contributed by atoms with E-state index in [9.17, 15) is 4.79 Å². The molecule has 0 saturated heterocycles. The molecule has 3 rings (SSSR count). The molecule has 2 aromatic carbocycles. The molecule has 26 heavy (non-hydrogen) atoms. The molecule has 1 aliphatic rings. The quantitative estimate of drug-likeness (QED) is 0.774. The van der Waals surface area contributed by atoms with E-state index in [2.05, 4.69) is 41.2 Å². The summed E-state index contributed by atoms with van der Waals surface area (Å²) in [5.41, 5.74) is 4.55. The zero-order chi connectivity index (χ0) is 18.4. The van der Waals surface area contributed by atoms with Crippen LogP contribution in [0.2, 0.25) is 0 Å². The number of thioether (sulfide) groups is 1. The number of hydrogen-bond donors (Lipinski definition) is 2. The Kier molecular flexibility index (Phi) is 6.23. The summed E-state index contributed by atoms with van der Waals surface area (Å²) in [6.45, 7) is 2.08. The SMILES string of the molecule is COc1ccc(CCCC(=O)N[C@H]2NC(c3ccccc3)=CS2)c(C)c1. The van der Waals surface area contributed by atoms with Crippen LogP contribution < -0.4 is 15.4 Å². The monoisotopic (exact) mass is 368 g/mol. The van der Waals surface area contributed by atoms with Gasteiger partial charge in [-0.2, -0.15) is 0 Å². The third kappa shape index (κ3) is 4.82. The van der Waals surface area contributed by atoms with E-state index in [4.69, 9.17) is 4.74 Å². The van der Waals surface area contributed by atoms with Crippen LogP contribution in [0.3, 0.4) is 0 Å². The Morgan fingerprint density at radius 2 is 2.04 bits per heavy atom. The Bertz CT molecular complexity index is 790. The van der Waals surface area contributed by atoms with Crippen LogP contribution in [0.5, 0.6) is 5.75 Å². The second-order valence-electron chi connectivity index (χ2n) is 6.27. The molecule has 1 amide bonds. The first-order valence-corrected chi connectivity index (χ1v) is 9.70. The number of hydrogen-bond acceptors (Lipinski definition) is 4. The van der Waals surface area contributed by atoms with Crippen molar-refractivity contribution in [3.8, 4) is 5.75 Å². The van der Waals surface area contributed by atoms with Crippen LogP contribution in [-0.4, -0.2) is 18.5 Å². The fourth-order valence-corrected chi connectivity index (χ4v) is 3.79. The Morgan fingerprint density at radius 1 is 1.23 bits per heavy atom. The van der Waals surface area contributed by atoms with E-state index in [1.807, 2.05) is 30.3 Å². The van der Waals surface area contributed by atoms with Gasteiger partial charge in [0.1, 0.15) is 5.75 Å². The molecule has 1 heterocycles. The van der Waals surface area contributed by atoms with Gasteiger partial charge >= 0.3 is 0 Å². The van der Waals surface area contributed by atoms with Crippen LogP contribution in [0, 0.1) is 6.92 Å². The second kappa shape index (κ2) is 8.81. The highest BCUT2D eigenvalue weighted by atomic mass is 32.2. The molecule has 0 radical (unpaired) electrons. The molecule has 1 aliphatic heterocycles. The number of nitrogens with one attached hydrogen (secondary N) is 2. The smallest absolute Gasteiger partial charge is 0.222 e. The van der Waals surface area contributed by atoms with Gasteiger partial charge in [-0.25, -0.2) is 0 Å². The maximum atomic E-state index is 12.2. The number of carbonyl (C=O) groups is 1. The number of benzene rings is 2. The van der Waals surface area contributed by atoms with Gasteiger partial charge in [0.15, 0.2) is 5.50 Å². The van der Waals surface area contributed by atoms with Crippen molar-refractivity contribution >= 4 is 23.4 Å². The van der Waals surface area contributed by atoms with Crippen LogP contribution >= 0.6 is 11.8 Å². The molecule has 0 fully saturated rings. The van der Waals surface area contributed by atoms with Crippen LogP contribution in [0.15, 0.2) is 53.9 Å². The largest absolute Gasteiger partial charge is 0.497 e. The van der Waals surface area contributed by atoms with E-state index < -0.39 is 0 Å². The summed E-state index contributed by atoms with van der Waals surface area (Å²) < 4.78 is 5.23. The summed E-state index contributed by atoms with van der Waals surface area (Å²) in [5.74, 6) is 0.943.